The molecule has 0 fully saturated rings. The number of halogens is 1. The van der Waals surface area contributed by atoms with E-state index in [1.54, 1.807) is 25.1 Å². The van der Waals surface area contributed by atoms with Gasteiger partial charge in [0.25, 0.3) is 11.6 Å². The first-order chi connectivity index (χ1) is 12.3. The Kier molecular flexibility index (Phi) is 6.74. The molecule has 1 amide bonds. The van der Waals surface area contributed by atoms with Gasteiger partial charge in [-0.2, -0.15) is 0 Å². The molecule has 1 N–H and O–H groups in total. The summed E-state index contributed by atoms with van der Waals surface area (Å²) in [7, 11) is 0. The minimum Gasteiger partial charge on any atom is -0.492 e. The van der Waals surface area contributed by atoms with E-state index in [1.807, 2.05) is 0 Å². The van der Waals surface area contributed by atoms with Gasteiger partial charge in [0.05, 0.1) is 16.0 Å². The summed E-state index contributed by atoms with van der Waals surface area (Å²) in [6.07, 6.45) is 0.952. The van der Waals surface area contributed by atoms with Gasteiger partial charge in [-0.25, -0.2) is 0 Å². The Morgan fingerprint density at radius 3 is 2.58 bits per heavy atom. The molecule has 0 radical (unpaired) electrons. The molecule has 0 atom stereocenters. The van der Waals surface area contributed by atoms with Gasteiger partial charge in [0.2, 0.25) is 0 Å². The van der Waals surface area contributed by atoms with Crippen LogP contribution in [-0.2, 0) is 0 Å². The highest BCUT2D eigenvalue weighted by Crippen LogP contribution is 2.27. The molecule has 138 valence electrons. The molecule has 26 heavy (non-hydrogen) atoms. The number of rotatable bonds is 7. The molecule has 6 nitrogen and oxygen atoms in total. The standard InChI is InChI=1S/C19H21BrN2O4/c1-12(2)8-9-26-18-7-4-14(11-16(18)20)19(23)21-17-6-5-15(22(24)25)10-13(17)3/h4-7,10-12H,8-9H2,1-3H3,(H,21,23). The van der Waals surface area contributed by atoms with E-state index in [9.17, 15) is 14.9 Å². The molecule has 0 aliphatic rings. The van der Waals surface area contributed by atoms with Crippen molar-refractivity contribution in [2.24, 2.45) is 5.92 Å². The largest absolute Gasteiger partial charge is 0.492 e. The lowest BCUT2D eigenvalue weighted by atomic mass is 10.1. The summed E-state index contributed by atoms with van der Waals surface area (Å²) in [5.74, 6) is 0.953. The maximum Gasteiger partial charge on any atom is 0.269 e. The van der Waals surface area contributed by atoms with Gasteiger partial charge in [-0.15, -0.1) is 0 Å². The van der Waals surface area contributed by atoms with Crippen LogP contribution in [0.25, 0.3) is 0 Å². The first kappa shape index (κ1) is 19.9. The number of nitro groups is 1. The first-order valence-corrected chi connectivity index (χ1v) is 9.06. The summed E-state index contributed by atoms with van der Waals surface area (Å²) < 4.78 is 6.42. The van der Waals surface area contributed by atoms with Gasteiger partial charge in [0.15, 0.2) is 0 Å². The number of nitro benzene ring substituents is 1. The highest BCUT2D eigenvalue weighted by atomic mass is 79.9. The molecular weight excluding hydrogens is 400 g/mol. The summed E-state index contributed by atoms with van der Waals surface area (Å²) in [6, 6.07) is 9.46. The van der Waals surface area contributed by atoms with Crippen LogP contribution in [0.4, 0.5) is 11.4 Å². The number of non-ortho nitro benzene ring substituents is 1. The second kappa shape index (κ2) is 8.80. The van der Waals surface area contributed by atoms with Crippen molar-refractivity contribution in [1.29, 1.82) is 0 Å². The average molecular weight is 421 g/mol. The number of carbonyl (C=O) groups excluding carboxylic acids is 1. The van der Waals surface area contributed by atoms with Crippen molar-refractivity contribution in [3.05, 3.63) is 62.1 Å². The van der Waals surface area contributed by atoms with Crippen LogP contribution in [0.1, 0.15) is 36.2 Å². The molecule has 2 aromatic rings. The van der Waals surface area contributed by atoms with Crippen LogP contribution in [0.5, 0.6) is 5.75 Å². The molecular formula is C19H21BrN2O4. The number of benzene rings is 2. The van der Waals surface area contributed by atoms with Crippen LogP contribution in [0.3, 0.4) is 0 Å². The molecule has 0 aliphatic carbocycles. The third kappa shape index (κ3) is 5.29. The van der Waals surface area contributed by atoms with Gasteiger partial charge in [0.1, 0.15) is 5.75 Å². The molecule has 0 unspecified atom stereocenters. The fourth-order valence-electron chi connectivity index (χ4n) is 2.26. The number of nitrogens with one attached hydrogen (secondary N) is 1. The molecule has 2 aromatic carbocycles. The van der Waals surface area contributed by atoms with Crippen molar-refractivity contribution in [3.63, 3.8) is 0 Å². The number of hydrogen-bond acceptors (Lipinski definition) is 4. The van der Waals surface area contributed by atoms with Gasteiger partial charge >= 0.3 is 0 Å². The van der Waals surface area contributed by atoms with Gasteiger partial charge in [-0.1, -0.05) is 13.8 Å². The van der Waals surface area contributed by atoms with E-state index >= 15 is 0 Å². The number of aryl methyl sites for hydroxylation is 1. The second-order valence-electron chi connectivity index (χ2n) is 6.39. The molecule has 0 saturated carbocycles. The Morgan fingerprint density at radius 2 is 2.00 bits per heavy atom. The summed E-state index contributed by atoms with van der Waals surface area (Å²) in [4.78, 5) is 22.8. The number of ether oxygens (including phenoxy) is 1. The predicted molar refractivity (Wildman–Crippen MR) is 105 cm³/mol. The van der Waals surface area contributed by atoms with E-state index in [0.29, 0.717) is 39.6 Å². The zero-order chi connectivity index (χ0) is 19.3. The normalized spacial score (nSPS) is 10.7. The summed E-state index contributed by atoms with van der Waals surface area (Å²) >= 11 is 3.43. The predicted octanol–water partition coefficient (Wildman–Crippen LogP) is 5.34. The number of hydrogen-bond donors (Lipinski definition) is 1. The topological polar surface area (TPSA) is 81.5 Å². The van der Waals surface area contributed by atoms with Crippen LogP contribution in [0.2, 0.25) is 0 Å². The van der Waals surface area contributed by atoms with Crippen molar-refractivity contribution in [3.8, 4) is 5.75 Å². The Labute approximate surface area is 160 Å². The molecule has 7 heteroatoms. The van der Waals surface area contributed by atoms with Crippen molar-refractivity contribution >= 4 is 33.2 Å². The Bertz CT molecular complexity index is 821. The molecule has 0 saturated heterocycles. The molecule has 0 aliphatic heterocycles. The highest BCUT2D eigenvalue weighted by molar-refractivity contribution is 9.10. The molecule has 0 heterocycles. The van der Waals surface area contributed by atoms with Gasteiger partial charge in [-0.05, 0) is 65.0 Å². The third-order valence-corrected chi connectivity index (χ3v) is 4.44. The monoisotopic (exact) mass is 420 g/mol. The van der Waals surface area contributed by atoms with E-state index in [2.05, 4.69) is 35.1 Å². The lowest BCUT2D eigenvalue weighted by Crippen LogP contribution is -2.13. The number of anilines is 1. The van der Waals surface area contributed by atoms with Crippen LogP contribution in [-0.4, -0.2) is 17.4 Å². The lowest BCUT2D eigenvalue weighted by molar-refractivity contribution is -0.384. The molecule has 2 rings (SSSR count). The molecule has 0 aromatic heterocycles. The van der Waals surface area contributed by atoms with E-state index in [1.165, 1.54) is 18.2 Å². The number of carbonyl (C=O) groups is 1. The zero-order valence-corrected chi connectivity index (χ0v) is 16.5. The summed E-state index contributed by atoms with van der Waals surface area (Å²) in [6.45, 7) is 6.59. The Hall–Kier alpha value is -2.41. The van der Waals surface area contributed by atoms with Gasteiger partial charge < -0.3 is 10.1 Å². The lowest BCUT2D eigenvalue weighted by Gasteiger charge is -2.12. The maximum absolute atomic E-state index is 12.4. The van der Waals surface area contributed by atoms with Crippen LogP contribution < -0.4 is 10.1 Å². The maximum atomic E-state index is 12.4. The van der Waals surface area contributed by atoms with Crippen LogP contribution in [0.15, 0.2) is 40.9 Å². The average Bonchev–Trinajstić information content (AvgIpc) is 2.57. The van der Waals surface area contributed by atoms with Crippen molar-refractivity contribution in [2.45, 2.75) is 27.2 Å². The fraction of sp³-hybridized carbons (Fsp3) is 0.316. The number of nitrogens with zero attached hydrogens (tertiary/aromatic N) is 1. The second-order valence-corrected chi connectivity index (χ2v) is 7.24. The van der Waals surface area contributed by atoms with E-state index < -0.39 is 4.92 Å². The minimum absolute atomic E-state index is 0.00820. The van der Waals surface area contributed by atoms with Crippen LogP contribution in [0, 0.1) is 23.0 Å². The van der Waals surface area contributed by atoms with Gasteiger partial charge in [0, 0.05) is 23.4 Å². The Morgan fingerprint density at radius 1 is 1.27 bits per heavy atom. The molecule has 0 spiro atoms. The van der Waals surface area contributed by atoms with Crippen molar-refractivity contribution in [2.75, 3.05) is 11.9 Å². The van der Waals surface area contributed by atoms with E-state index in [-0.39, 0.29) is 11.6 Å². The Balaban J connectivity index is 2.08. The summed E-state index contributed by atoms with van der Waals surface area (Å²) in [5, 5.41) is 13.6. The van der Waals surface area contributed by atoms with Crippen molar-refractivity contribution < 1.29 is 14.5 Å². The first-order valence-electron chi connectivity index (χ1n) is 8.26. The number of amides is 1. The van der Waals surface area contributed by atoms with Crippen LogP contribution >= 0.6 is 15.9 Å². The quantitative estimate of drug-likeness (QED) is 0.483. The smallest absolute Gasteiger partial charge is 0.269 e. The SMILES string of the molecule is Cc1cc([N+](=O)[O-])ccc1NC(=O)c1ccc(OCCC(C)C)c(Br)c1. The van der Waals surface area contributed by atoms with Crippen molar-refractivity contribution in [1.82, 2.24) is 0 Å². The van der Waals surface area contributed by atoms with E-state index in [4.69, 9.17) is 4.74 Å². The highest BCUT2D eigenvalue weighted by Gasteiger charge is 2.13. The minimum atomic E-state index is -0.465. The van der Waals surface area contributed by atoms with Gasteiger partial charge in [-0.3, -0.25) is 14.9 Å². The third-order valence-electron chi connectivity index (χ3n) is 3.82. The summed E-state index contributed by atoms with van der Waals surface area (Å²) in [5.41, 5.74) is 1.62. The fourth-order valence-corrected chi connectivity index (χ4v) is 2.75. The molecule has 0 bridgehead atoms. The zero-order valence-electron chi connectivity index (χ0n) is 14.9. The van der Waals surface area contributed by atoms with E-state index in [0.717, 1.165) is 6.42 Å².